The largest absolute Gasteiger partial charge is 0.462 e. The molecular formula is C11H14O5. The summed E-state index contributed by atoms with van der Waals surface area (Å²) >= 11 is 0. The van der Waals surface area contributed by atoms with Gasteiger partial charge in [-0.2, -0.15) is 0 Å². The van der Waals surface area contributed by atoms with Crippen molar-refractivity contribution in [2.24, 2.45) is 0 Å². The van der Waals surface area contributed by atoms with Crippen molar-refractivity contribution in [1.82, 2.24) is 0 Å². The normalized spacial score (nSPS) is 33.9. The molecule has 1 aromatic carbocycles. The van der Waals surface area contributed by atoms with Crippen LogP contribution in [0.25, 0.3) is 0 Å². The molecule has 5 nitrogen and oxygen atoms in total. The molecule has 0 saturated carbocycles. The van der Waals surface area contributed by atoms with Crippen molar-refractivity contribution in [2.45, 2.75) is 24.6 Å². The highest BCUT2D eigenvalue weighted by molar-refractivity contribution is 5.21. The van der Waals surface area contributed by atoms with E-state index in [9.17, 15) is 10.2 Å². The summed E-state index contributed by atoms with van der Waals surface area (Å²) in [6, 6.07) is 8.85. The minimum atomic E-state index is -1.16. The van der Waals surface area contributed by atoms with E-state index in [4.69, 9.17) is 14.6 Å². The summed E-state index contributed by atoms with van der Waals surface area (Å²) in [4.78, 5) is 0. The molecule has 1 fully saturated rings. The maximum atomic E-state index is 9.61. The van der Waals surface area contributed by atoms with Crippen molar-refractivity contribution in [3.8, 4) is 5.75 Å². The third-order valence-electron chi connectivity index (χ3n) is 2.49. The van der Waals surface area contributed by atoms with Crippen LogP contribution in [0.5, 0.6) is 5.75 Å². The fourth-order valence-electron chi connectivity index (χ4n) is 1.60. The van der Waals surface area contributed by atoms with E-state index in [0.717, 1.165) is 0 Å². The van der Waals surface area contributed by atoms with Gasteiger partial charge in [-0.1, -0.05) is 18.2 Å². The Bertz CT molecular complexity index is 328. The van der Waals surface area contributed by atoms with Gasteiger partial charge in [-0.15, -0.1) is 0 Å². The Morgan fingerprint density at radius 1 is 1.12 bits per heavy atom. The van der Waals surface area contributed by atoms with Gasteiger partial charge in [-0.05, 0) is 12.1 Å². The molecule has 1 aromatic rings. The molecule has 0 spiro atoms. The highest BCUT2D eigenvalue weighted by atomic mass is 16.7. The van der Waals surface area contributed by atoms with Crippen LogP contribution in [0.2, 0.25) is 0 Å². The molecule has 2 rings (SSSR count). The number of hydrogen-bond acceptors (Lipinski definition) is 5. The Kier molecular flexibility index (Phi) is 3.40. The first-order valence-corrected chi connectivity index (χ1v) is 5.06. The van der Waals surface area contributed by atoms with E-state index < -0.39 is 24.6 Å². The number of hydrogen-bond donors (Lipinski definition) is 3. The Balaban J connectivity index is 2.01. The molecule has 1 aliphatic heterocycles. The third-order valence-corrected chi connectivity index (χ3v) is 2.49. The van der Waals surface area contributed by atoms with E-state index in [1.165, 1.54) is 0 Å². The molecule has 1 heterocycles. The molecule has 88 valence electrons. The standard InChI is InChI=1S/C11H14O5/c12-6-8-9(13)10(14)11(16-8)15-7-4-2-1-3-5-7/h1-5,8-14H,6H2/t8-,9-,10+,11+/m1/s1. The predicted molar refractivity (Wildman–Crippen MR) is 54.8 cm³/mol. The smallest absolute Gasteiger partial charge is 0.229 e. The number of benzene rings is 1. The lowest BCUT2D eigenvalue weighted by Gasteiger charge is -2.16. The van der Waals surface area contributed by atoms with Crippen molar-refractivity contribution in [1.29, 1.82) is 0 Å². The van der Waals surface area contributed by atoms with Crippen molar-refractivity contribution in [3.05, 3.63) is 30.3 Å². The van der Waals surface area contributed by atoms with Crippen molar-refractivity contribution >= 4 is 0 Å². The summed E-state index contributed by atoms with van der Waals surface area (Å²) in [6.07, 6.45) is -4.03. The van der Waals surface area contributed by atoms with Crippen molar-refractivity contribution in [3.63, 3.8) is 0 Å². The van der Waals surface area contributed by atoms with Gasteiger partial charge < -0.3 is 24.8 Å². The highest BCUT2D eigenvalue weighted by Gasteiger charge is 2.43. The van der Waals surface area contributed by atoms with Crippen LogP contribution < -0.4 is 4.74 Å². The Morgan fingerprint density at radius 3 is 2.38 bits per heavy atom. The molecule has 5 heteroatoms. The molecular weight excluding hydrogens is 212 g/mol. The van der Waals surface area contributed by atoms with Crippen molar-refractivity contribution in [2.75, 3.05) is 6.61 Å². The molecule has 3 N–H and O–H groups in total. The summed E-state index contributed by atoms with van der Waals surface area (Å²) in [5, 5.41) is 28.0. The molecule has 4 atom stereocenters. The minimum Gasteiger partial charge on any atom is -0.462 e. The van der Waals surface area contributed by atoms with Gasteiger partial charge in [0.2, 0.25) is 6.29 Å². The summed E-state index contributed by atoms with van der Waals surface area (Å²) in [6.45, 7) is -0.354. The average molecular weight is 226 g/mol. The highest BCUT2D eigenvalue weighted by Crippen LogP contribution is 2.24. The van der Waals surface area contributed by atoms with Crippen LogP contribution in [-0.2, 0) is 4.74 Å². The fraction of sp³-hybridized carbons (Fsp3) is 0.455. The maximum Gasteiger partial charge on any atom is 0.229 e. The second kappa shape index (κ2) is 4.80. The first-order valence-electron chi connectivity index (χ1n) is 5.06. The molecule has 0 amide bonds. The quantitative estimate of drug-likeness (QED) is 0.648. The molecule has 0 radical (unpaired) electrons. The first kappa shape index (κ1) is 11.3. The van der Waals surface area contributed by atoms with E-state index in [-0.39, 0.29) is 6.61 Å². The van der Waals surface area contributed by atoms with Crippen LogP contribution in [0, 0.1) is 0 Å². The predicted octanol–water partition coefficient (Wildman–Crippen LogP) is -0.496. The van der Waals surface area contributed by atoms with Crippen LogP contribution in [-0.4, -0.2) is 46.5 Å². The summed E-state index contributed by atoms with van der Waals surface area (Å²) < 4.78 is 10.5. The Labute approximate surface area is 92.9 Å². The maximum absolute atomic E-state index is 9.61. The summed E-state index contributed by atoms with van der Waals surface area (Å²) in [7, 11) is 0. The molecule has 0 aromatic heterocycles. The molecule has 1 saturated heterocycles. The van der Waals surface area contributed by atoms with Gasteiger partial charge in [0.05, 0.1) is 6.61 Å². The number of aliphatic hydroxyl groups is 3. The molecule has 0 bridgehead atoms. The lowest BCUT2D eigenvalue weighted by molar-refractivity contribution is -0.116. The van der Waals surface area contributed by atoms with E-state index in [1.54, 1.807) is 24.3 Å². The SMILES string of the molecule is OC[C@H]1O[C@H](Oc2ccccc2)[C@@H](O)[C@@H]1O. The number of para-hydroxylation sites is 1. The monoisotopic (exact) mass is 226 g/mol. The second-order valence-electron chi connectivity index (χ2n) is 3.64. The molecule has 16 heavy (non-hydrogen) atoms. The van der Waals surface area contributed by atoms with Crippen LogP contribution in [0.1, 0.15) is 0 Å². The Morgan fingerprint density at radius 2 is 1.81 bits per heavy atom. The van der Waals surface area contributed by atoms with Crippen LogP contribution in [0.3, 0.4) is 0 Å². The van der Waals surface area contributed by atoms with Gasteiger partial charge in [0.25, 0.3) is 0 Å². The summed E-state index contributed by atoms with van der Waals surface area (Å²) in [5.41, 5.74) is 0. The number of rotatable bonds is 3. The summed E-state index contributed by atoms with van der Waals surface area (Å²) in [5.74, 6) is 0.539. The number of ether oxygens (including phenoxy) is 2. The van der Waals surface area contributed by atoms with E-state index in [1.807, 2.05) is 6.07 Å². The van der Waals surface area contributed by atoms with Gasteiger partial charge in [-0.25, -0.2) is 0 Å². The lowest BCUT2D eigenvalue weighted by Crippen LogP contribution is -2.35. The van der Waals surface area contributed by atoms with E-state index in [0.29, 0.717) is 5.75 Å². The first-order chi connectivity index (χ1) is 7.72. The third kappa shape index (κ3) is 2.17. The van der Waals surface area contributed by atoms with Gasteiger partial charge in [0, 0.05) is 0 Å². The second-order valence-corrected chi connectivity index (χ2v) is 3.64. The van der Waals surface area contributed by atoms with Crippen molar-refractivity contribution < 1.29 is 24.8 Å². The van der Waals surface area contributed by atoms with Crippen LogP contribution in [0.4, 0.5) is 0 Å². The van der Waals surface area contributed by atoms with Crippen LogP contribution >= 0.6 is 0 Å². The van der Waals surface area contributed by atoms with Gasteiger partial charge in [-0.3, -0.25) is 0 Å². The van der Waals surface area contributed by atoms with Gasteiger partial charge in [0.15, 0.2) is 0 Å². The topological polar surface area (TPSA) is 79.2 Å². The zero-order valence-electron chi connectivity index (χ0n) is 8.56. The average Bonchev–Trinajstić information content (AvgIpc) is 2.58. The van der Waals surface area contributed by atoms with E-state index in [2.05, 4.69) is 0 Å². The minimum absolute atomic E-state index is 0.354. The molecule has 0 aliphatic carbocycles. The number of aliphatic hydroxyl groups excluding tert-OH is 3. The van der Waals surface area contributed by atoms with E-state index >= 15 is 0 Å². The Hall–Kier alpha value is -1.14. The van der Waals surface area contributed by atoms with Gasteiger partial charge in [0.1, 0.15) is 24.1 Å². The fourth-order valence-corrected chi connectivity index (χ4v) is 1.60. The lowest BCUT2D eigenvalue weighted by atomic mass is 10.1. The molecule has 1 aliphatic rings. The molecule has 0 unspecified atom stereocenters. The zero-order valence-corrected chi connectivity index (χ0v) is 8.56. The van der Waals surface area contributed by atoms with Crippen LogP contribution in [0.15, 0.2) is 30.3 Å². The zero-order chi connectivity index (χ0) is 11.5. The van der Waals surface area contributed by atoms with Gasteiger partial charge >= 0.3 is 0 Å².